The molecule has 0 rings (SSSR count). The Morgan fingerprint density at radius 3 is 0.851 bits per heavy atom. The van der Waals surface area contributed by atoms with Crippen molar-refractivity contribution in [3.63, 3.8) is 0 Å². The molecule has 0 spiro atoms. The lowest BCUT2D eigenvalue weighted by molar-refractivity contribution is -0.870. The van der Waals surface area contributed by atoms with Gasteiger partial charge in [0.2, 0.25) is 0 Å². The number of likely N-dealkylation sites (N-methyl/N-ethyl adjacent to an activating group) is 1. The van der Waals surface area contributed by atoms with Crippen LogP contribution in [0.5, 0.6) is 0 Å². The van der Waals surface area contributed by atoms with Crippen LogP contribution >= 0.6 is 7.82 Å². The van der Waals surface area contributed by atoms with E-state index < -0.39 is 26.5 Å². The number of quaternary nitrogens is 1. The van der Waals surface area contributed by atoms with Crippen LogP contribution in [0, 0.1) is 0 Å². The Balaban J connectivity index is 3.86. The first kappa shape index (κ1) is 92.2. The van der Waals surface area contributed by atoms with Crippen LogP contribution < -0.4 is 4.89 Å². The van der Waals surface area contributed by atoms with Gasteiger partial charge in [-0.15, -0.1) is 0 Å². The topological polar surface area (TPSA) is 111 Å². The number of phosphoric acid groups is 1. The molecule has 10 heteroatoms. The molecule has 2 atom stereocenters. The molecular weight excluding hydrogens is 1180 g/mol. The summed E-state index contributed by atoms with van der Waals surface area (Å²) < 4.78 is 34.4. The number of carbonyl (C=O) groups is 2. The van der Waals surface area contributed by atoms with Gasteiger partial charge in [0.1, 0.15) is 19.8 Å². The summed E-state index contributed by atoms with van der Waals surface area (Å²) in [4.78, 5) is 38.2. The van der Waals surface area contributed by atoms with Crippen LogP contribution in [0.1, 0.15) is 438 Å². The van der Waals surface area contributed by atoms with Gasteiger partial charge in [0.25, 0.3) is 7.82 Å². The Hall–Kier alpha value is -1.77. The Labute approximate surface area is 586 Å². The standard InChI is InChI=1S/C84H162NO8P/c1-6-8-10-12-14-16-18-20-22-24-26-28-30-32-34-36-37-38-39-40-41-42-43-44-45-46-47-49-51-53-55-57-59-61-63-65-67-69-71-73-75-77-84(87)93-82(81-92-94(88,89)91-79-78-85(3,4)5)80-90-83(86)76-74-72-70-68-66-64-62-60-58-56-54-52-50-48-35-33-31-29-27-25-23-21-19-17-15-13-11-9-7-2/h18,20,24-27,82H,6-17,19,21-23,28-81H2,1-5H3/b20-18-,26-24-,27-25-. The van der Waals surface area contributed by atoms with E-state index in [2.05, 4.69) is 50.3 Å². The highest BCUT2D eigenvalue weighted by atomic mass is 31.2. The summed E-state index contributed by atoms with van der Waals surface area (Å²) in [5.74, 6) is -0.806. The zero-order valence-corrected chi connectivity index (χ0v) is 64.6. The zero-order valence-electron chi connectivity index (χ0n) is 63.7. The van der Waals surface area contributed by atoms with Crippen molar-refractivity contribution in [1.82, 2.24) is 0 Å². The summed E-state index contributed by atoms with van der Waals surface area (Å²) in [5.41, 5.74) is 0. The quantitative estimate of drug-likeness (QED) is 0.0195. The van der Waals surface area contributed by atoms with Crippen molar-refractivity contribution in [2.24, 2.45) is 0 Å². The molecule has 0 bridgehead atoms. The first-order valence-corrected chi connectivity index (χ1v) is 43.2. The van der Waals surface area contributed by atoms with E-state index >= 15 is 0 Å². The first-order chi connectivity index (χ1) is 46.0. The average Bonchev–Trinajstić information content (AvgIpc) is 1.57. The third-order valence-corrected chi connectivity index (χ3v) is 20.1. The third-order valence-electron chi connectivity index (χ3n) is 19.1. The van der Waals surface area contributed by atoms with E-state index in [1.165, 1.54) is 366 Å². The largest absolute Gasteiger partial charge is 0.756 e. The Morgan fingerprint density at radius 1 is 0.330 bits per heavy atom. The summed E-state index contributed by atoms with van der Waals surface area (Å²) in [6.45, 7) is 4.31. The van der Waals surface area contributed by atoms with E-state index in [1.54, 1.807) is 0 Å². The molecule has 0 radical (unpaired) electrons. The number of nitrogens with zero attached hydrogens (tertiary/aromatic N) is 1. The van der Waals surface area contributed by atoms with Gasteiger partial charge in [-0.2, -0.15) is 0 Å². The van der Waals surface area contributed by atoms with Crippen molar-refractivity contribution in [2.45, 2.75) is 444 Å². The summed E-state index contributed by atoms with van der Waals surface area (Å²) in [5, 5.41) is 0. The number of rotatable bonds is 79. The maximum Gasteiger partial charge on any atom is 0.306 e. The second-order valence-corrected chi connectivity index (χ2v) is 31.3. The molecule has 0 aliphatic carbocycles. The average molecular weight is 1350 g/mol. The van der Waals surface area contributed by atoms with Crippen molar-refractivity contribution in [2.75, 3.05) is 47.5 Å². The maximum atomic E-state index is 12.9. The molecule has 0 aromatic rings. The lowest BCUT2D eigenvalue weighted by Crippen LogP contribution is -2.37. The van der Waals surface area contributed by atoms with Gasteiger partial charge in [-0.3, -0.25) is 14.2 Å². The fraction of sp³-hybridized carbons (Fsp3) is 0.905. The van der Waals surface area contributed by atoms with Gasteiger partial charge < -0.3 is 27.9 Å². The summed E-state index contributed by atoms with van der Waals surface area (Å²) in [6, 6.07) is 0. The fourth-order valence-electron chi connectivity index (χ4n) is 12.7. The van der Waals surface area contributed by atoms with Gasteiger partial charge in [0, 0.05) is 12.8 Å². The van der Waals surface area contributed by atoms with Crippen LogP contribution in [-0.2, 0) is 32.7 Å². The van der Waals surface area contributed by atoms with Crippen molar-refractivity contribution in [3.8, 4) is 0 Å². The lowest BCUT2D eigenvalue weighted by Gasteiger charge is -2.28. The van der Waals surface area contributed by atoms with Crippen LogP contribution in [0.15, 0.2) is 36.5 Å². The van der Waals surface area contributed by atoms with E-state index in [0.717, 1.165) is 38.5 Å². The molecular formula is C84H162NO8P. The van der Waals surface area contributed by atoms with Gasteiger partial charge in [0.05, 0.1) is 27.7 Å². The number of hydrogen-bond donors (Lipinski definition) is 0. The van der Waals surface area contributed by atoms with Gasteiger partial charge in [-0.05, 0) is 70.6 Å². The van der Waals surface area contributed by atoms with Crippen molar-refractivity contribution < 1.29 is 42.1 Å². The van der Waals surface area contributed by atoms with Gasteiger partial charge in [-0.25, -0.2) is 0 Å². The second-order valence-electron chi connectivity index (χ2n) is 29.8. The minimum Gasteiger partial charge on any atom is -0.756 e. The Kier molecular flexibility index (Phi) is 74.0. The number of hydrogen-bond acceptors (Lipinski definition) is 8. The molecule has 94 heavy (non-hydrogen) atoms. The van der Waals surface area contributed by atoms with Crippen molar-refractivity contribution in [1.29, 1.82) is 0 Å². The number of phosphoric ester groups is 1. The molecule has 0 aromatic carbocycles. The van der Waals surface area contributed by atoms with Gasteiger partial charge in [0.15, 0.2) is 6.10 Å². The van der Waals surface area contributed by atoms with Crippen molar-refractivity contribution in [3.05, 3.63) is 36.5 Å². The summed E-state index contributed by atoms with van der Waals surface area (Å²) in [6.07, 6.45) is 98.6. The molecule has 556 valence electrons. The molecule has 9 nitrogen and oxygen atoms in total. The molecule has 0 saturated heterocycles. The molecule has 0 heterocycles. The maximum absolute atomic E-state index is 12.9. The van der Waals surface area contributed by atoms with E-state index in [-0.39, 0.29) is 32.0 Å². The lowest BCUT2D eigenvalue weighted by atomic mass is 10.0. The van der Waals surface area contributed by atoms with E-state index in [4.69, 9.17) is 18.5 Å². The number of ether oxygens (including phenoxy) is 2. The highest BCUT2D eigenvalue weighted by Crippen LogP contribution is 2.38. The highest BCUT2D eigenvalue weighted by molar-refractivity contribution is 7.45. The predicted octanol–water partition coefficient (Wildman–Crippen LogP) is 27.1. The van der Waals surface area contributed by atoms with Crippen LogP contribution in [0.2, 0.25) is 0 Å². The summed E-state index contributed by atoms with van der Waals surface area (Å²) >= 11 is 0. The molecule has 0 aromatic heterocycles. The molecule has 0 aliphatic rings. The van der Waals surface area contributed by atoms with Crippen LogP contribution in [0.25, 0.3) is 0 Å². The molecule has 0 N–H and O–H groups in total. The first-order valence-electron chi connectivity index (χ1n) is 41.7. The fourth-order valence-corrected chi connectivity index (χ4v) is 13.5. The van der Waals surface area contributed by atoms with Crippen LogP contribution in [-0.4, -0.2) is 70.0 Å². The minimum absolute atomic E-state index is 0.0269. The van der Waals surface area contributed by atoms with E-state index in [9.17, 15) is 19.0 Å². The van der Waals surface area contributed by atoms with E-state index in [0.29, 0.717) is 17.4 Å². The number of unbranched alkanes of at least 4 members (excludes halogenated alkanes) is 59. The zero-order chi connectivity index (χ0) is 68.3. The van der Waals surface area contributed by atoms with Gasteiger partial charge in [-0.1, -0.05) is 391 Å². The monoisotopic (exact) mass is 1340 g/mol. The Bertz CT molecular complexity index is 1680. The SMILES string of the molecule is CCCCCCC/C=C\C/C=C\CCCCCCCCCCCCCCCCCCCCCCCCCCCCCCCC(=O)OC(COC(=O)CCCCCCCCCCCCCCCCCCC/C=C\CCCCCCCCCC)COP(=O)([O-])OCC[N+](C)(C)C. The van der Waals surface area contributed by atoms with Crippen LogP contribution in [0.4, 0.5) is 0 Å². The van der Waals surface area contributed by atoms with E-state index in [1.807, 2.05) is 21.1 Å². The Morgan fingerprint density at radius 2 is 0.574 bits per heavy atom. The van der Waals surface area contributed by atoms with Crippen LogP contribution in [0.3, 0.4) is 0 Å². The number of carbonyl (C=O) groups excluding carboxylic acids is 2. The highest BCUT2D eigenvalue weighted by Gasteiger charge is 2.22. The number of esters is 2. The summed E-state index contributed by atoms with van der Waals surface area (Å²) in [7, 11) is 1.19. The molecule has 0 saturated carbocycles. The smallest absolute Gasteiger partial charge is 0.306 e. The normalized spacial score (nSPS) is 13.1. The molecule has 2 unspecified atom stereocenters. The second kappa shape index (κ2) is 75.4. The van der Waals surface area contributed by atoms with Gasteiger partial charge >= 0.3 is 11.9 Å². The molecule has 0 amide bonds. The third kappa shape index (κ3) is 79.2. The van der Waals surface area contributed by atoms with Crippen molar-refractivity contribution >= 4 is 19.8 Å². The molecule has 0 fully saturated rings. The number of allylic oxidation sites excluding steroid dienone is 6. The minimum atomic E-state index is -4.64. The predicted molar refractivity (Wildman–Crippen MR) is 407 cm³/mol. The molecule has 0 aliphatic heterocycles.